The minimum Gasteiger partial charge on any atom is -0.439 e. The van der Waals surface area contributed by atoms with Crippen LogP contribution in [-0.2, 0) is 19.2 Å². The van der Waals surface area contributed by atoms with E-state index in [-0.39, 0.29) is 0 Å². The molecule has 2 aliphatic heterocycles. The number of esters is 1. The van der Waals surface area contributed by atoms with Crippen LogP contribution in [0.5, 0.6) is 0 Å². The molecule has 0 N–H and O–H groups in total. The molecule has 82 valence electrons. The highest BCUT2D eigenvalue weighted by Gasteiger charge is 2.31. The number of hydroxylamine groups is 2. The second-order valence-corrected chi connectivity index (χ2v) is 3.54. The second-order valence-electron chi connectivity index (χ2n) is 3.54. The van der Waals surface area contributed by atoms with E-state index in [9.17, 15) is 9.59 Å². The monoisotopic (exact) mass is 212 g/mol. The second kappa shape index (κ2) is 4.00. The average Bonchev–Trinajstić information content (AvgIpc) is 2.17. The van der Waals surface area contributed by atoms with Crippen LogP contribution in [0.4, 0.5) is 0 Å². The number of carbonyl (C=O) groups is 2. The molecule has 0 aromatic carbocycles. The van der Waals surface area contributed by atoms with Gasteiger partial charge in [-0.1, -0.05) is 5.06 Å². The lowest BCUT2D eigenvalue weighted by Crippen LogP contribution is -2.54. The maximum Gasteiger partial charge on any atom is 0.350 e. The van der Waals surface area contributed by atoms with Crippen LogP contribution in [0.15, 0.2) is 12.2 Å². The van der Waals surface area contributed by atoms with Crippen molar-refractivity contribution in [1.29, 1.82) is 0 Å². The van der Waals surface area contributed by atoms with E-state index in [1.165, 1.54) is 5.06 Å². The van der Waals surface area contributed by atoms with Gasteiger partial charge in [-0.2, -0.15) is 0 Å². The fraction of sp³-hybridized carbons (Fsp3) is 0.556. The predicted octanol–water partition coefficient (Wildman–Crippen LogP) is -0.869. The van der Waals surface area contributed by atoms with Gasteiger partial charge >= 0.3 is 11.9 Å². The molecule has 0 aromatic heterocycles. The summed E-state index contributed by atoms with van der Waals surface area (Å²) < 4.78 is 5.10. The largest absolute Gasteiger partial charge is 0.439 e. The number of rotatable bonds is 0. The molecule has 0 saturated carbocycles. The van der Waals surface area contributed by atoms with Gasteiger partial charge in [0.05, 0.1) is 13.1 Å². The minimum absolute atomic E-state index is 0.509. The van der Waals surface area contributed by atoms with Crippen molar-refractivity contribution in [2.24, 2.45) is 0 Å². The molecule has 0 bridgehead atoms. The van der Waals surface area contributed by atoms with Gasteiger partial charge in [0, 0.05) is 18.7 Å². The minimum atomic E-state index is -0.541. The Bertz CT molecular complexity index is 315. The Morgan fingerprint density at radius 2 is 2.00 bits per heavy atom. The first-order chi connectivity index (χ1) is 7.15. The number of fused-ring (bicyclic) bond motifs is 1. The Kier molecular flexibility index (Phi) is 2.70. The SMILES string of the molecule is CN1CCN2OC(=O)/C=C/C(=O)OC2C1. The molecule has 0 amide bonds. The maximum absolute atomic E-state index is 11.2. The molecule has 6 nitrogen and oxygen atoms in total. The molecule has 1 saturated heterocycles. The van der Waals surface area contributed by atoms with Crippen LogP contribution in [0.2, 0.25) is 0 Å². The Morgan fingerprint density at radius 1 is 1.27 bits per heavy atom. The molecule has 1 unspecified atom stereocenters. The van der Waals surface area contributed by atoms with Crippen molar-refractivity contribution in [3.8, 4) is 0 Å². The number of nitrogens with zero attached hydrogens (tertiary/aromatic N) is 2. The molecular formula is C9H12N2O4. The molecule has 2 rings (SSSR count). The molecular weight excluding hydrogens is 200 g/mol. The van der Waals surface area contributed by atoms with Crippen molar-refractivity contribution in [2.45, 2.75) is 6.23 Å². The molecule has 2 heterocycles. The van der Waals surface area contributed by atoms with E-state index in [0.29, 0.717) is 13.1 Å². The van der Waals surface area contributed by atoms with Crippen molar-refractivity contribution in [3.63, 3.8) is 0 Å². The van der Waals surface area contributed by atoms with Gasteiger partial charge in [-0.3, -0.25) is 4.90 Å². The van der Waals surface area contributed by atoms with Crippen LogP contribution in [-0.4, -0.2) is 54.8 Å². The molecule has 0 aromatic rings. The van der Waals surface area contributed by atoms with Crippen LogP contribution < -0.4 is 0 Å². The van der Waals surface area contributed by atoms with Gasteiger partial charge in [0.1, 0.15) is 0 Å². The van der Waals surface area contributed by atoms with E-state index in [0.717, 1.165) is 18.7 Å². The van der Waals surface area contributed by atoms with Gasteiger partial charge in [0.25, 0.3) is 0 Å². The Labute approximate surface area is 87.0 Å². The zero-order valence-corrected chi connectivity index (χ0v) is 8.38. The highest BCUT2D eigenvalue weighted by Crippen LogP contribution is 2.12. The number of carbonyl (C=O) groups excluding carboxylic acids is 2. The molecule has 2 aliphatic rings. The van der Waals surface area contributed by atoms with Gasteiger partial charge in [0.2, 0.25) is 0 Å². The summed E-state index contributed by atoms with van der Waals surface area (Å²) in [6.45, 7) is 1.84. The molecule has 1 atom stereocenters. The number of hydrogen-bond donors (Lipinski definition) is 0. The van der Waals surface area contributed by atoms with Gasteiger partial charge in [-0.05, 0) is 7.05 Å². The van der Waals surface area contributed by atoms with Crippen LogP contribution >= 0.6 is 0 Å². The van der Waals surface area contributed by atoms with Crippen molar-refractivity contribution < 1.29 is 19.2 Å². The third-order valence-corrected chi connectivity index (χ3v) is 2.31. The lowest BCUT2D eigenvalue weighted by molar-refractivity contribution is -0.251. The Morgan fingerprint density at radius 3 is 2.80 bits per heavy atom. The van der Waals surface area contributed by atoms with Crippen molar-refractivity contribution in [1.82, 2.24) is 9.96 Å². The molecule has 1 fully saturated rings. The molecule has 15 heavy (non-hydrogen) atoms. The van der Waals surface area contributed by atoms with Crippen molar-refractivity contribution >= 4 is 11.9 Å². The lowest BCUT2D eigenvalue weighted by atomic mass is 10.3. The average molecular weight is 212 g/mol. The van der Waals surface area contributed by atoms with E-state index < -0.39 is 18.2 Å². The number of hydrogen-bond acceptors (Lipinski definition) is 6. The zero-order chi connectivity index (χ0) is 10.8. The van der Waals surface area contributed by atoms with Crippen LogP contribution in [0.25, 0.3) is 0 Å². The smallest absolute Gasteiger partial charge is 0.350 e. The first-order valence-corrected chi connectivity index (χ1v) is 4.71. The Balaban J connectivity index is 2.14. The summed E-state index contributed by atoms with van der Waals surface area (Å²) in [6.07, 6.45) is 1.63. The van der Waals surface area contributed by atoms with Crippen LogP contribution in [0, 0.1) is 0 Å². The summed E-state index contributed by atoms with van der Waals surface area (Å²) in [5.74, 6) is -1.06. The van der Waals surface area contributed by atoms with Gasteiger partial charge < -0.3 is 9.57 Å². The van der Waals surface area contributed by atoms with E-state index in [2.05, 4.69) is 0 Å². The third-order valence-electron chi connectivity index (χ3n) is 2.31. The molecule has 0 spiro atoms. The molecule has 0 aliphatic carbocycles. The third kappa shape index (κ3) is 2.34. The van der Waals surface area contributed by atoms with Crippen LogP contribution in [0.1, 0.15) is 0 Å². The normalized spacial score (nSPS) is 30.9. The summed E-state index contributed by atoms with van der Waals surface area (Å²) in [6, 6.07) is 0. The highest BCUT2D eigenvalue weighted by molar-refractivity contribution is 5.92. The topological polar surface area (TPSA) is 59.1 Å². The summed E-state index contributed by atoms with van der Waals surface area (Å²) >= 11 is 0. The van der Waals surface area contributed by atoms with Crippen molar-refractivity contribution in [2.75, 3.05) is 26.7 Å². The zero-order valence-electron chi connectivity index (χ0n) is 8.38. The van der Waals surface area contributed by atoms with Crippen LogP contribution in [0.3, 0.4) is 0 Å². The first kappa shape index (κ1) is 10.1. The van der Waals surface area contributed by atoms with E-state index in [4.69, 9.17) is 9.57 Å². The highest BCUT2D eigenvalue weighted by atomic mass is 16.7. The van der Waals surface area contributed by atoms with Gasteiger partial charge in [-0.25, -0.2) is 9.59 Å². The van der Waals surface area contributed by atoms with E-state index in [1.807, 2.05) is 11.9 Å². The van der Waals surface area contributed by atoms with Gasteiger partial charge in [-0.15, -0.1) is 0 Å². The van der Waals surface area contributed by atoms with Crippen molar-refractivity contribution in [3.05, 3.63) is 12.2 Å². The first-order valence-electron chi connectivity index (χ1n) is 4.71. The fourth-order valence-corrected chi connectivity index (χ4v) is 1.52. The number of likely N-dealkylation sites (N-methyl/N-ethyl adjacent to an activating group) is 1. The Hall–Kier alpha value is -1.40. The lowest BCUT2D eigenvalue weighted by Gasteiger charge is -2.37. The fourth-order valence-electron chi connectivity index (χ4n) is 1.52. The summed E-state index contributed by atoms with van der Waals surface area (Å²) in [5.41, 5.74) is 0. The molecule has 6 heteroatoms. The number of piperazine rings is 1. The van der Waals surface area contributed by atoms with Gasteiger partial charge in [0.15, 0.2) is 6.23 Å². The van der Waals surface area contributed by atoms with E-state index in [1.54, 1.807) is 0 Å². The summed E-state index contributed by atoms with van der Waals surface area (Å²) in [7, 11) is 1.92. The standard InChI is InChI=1S/C9H12N2O4/c1-10-4-5-11-7(6-10)14-8(12)2-3-9(13)15-11/h2-3,7H,4-6H2,1H3/b3-2+. The summed E-state index contributed by atoms with van der Waals surface area (Å²) in [5, 5.41) is 1.41. The summed E-state index contributed by atoms with van der Waals surface area (Å²) in [4.78, 5) is 29.3. The predicted molar refractivity (Wildman–Crippen MR) is 49.3 cm³/mol. The quantitative estimate of drug-likeness (QED) is 0.486. The number of ether oxygens (including phenoxy) is 1. The maximum atomic E-state index is 11.2. The van der Waals surface area contributed by atoms with E-state index >= 15 is 0 Å². The molecule has 0 radical (unpaired) electrons.